The minimum atomic E-state index is -0.271. The third-order valence-corrected chi connectivity index (χ3v) is 5.36. The second-order valence-corrected chi connectivity index (χ2v) is 8.42. The number of carbonyl (C=O) groups excluding carboxylic acids is 1. The van der Waals surface area contributed by atoms with Crippen LogP contribution in [0.1, 0.15) is 35.3 Å². The summed E-state index contributed by atoms with van der Waals surface area (Å²) < 4.78 is 1.63. The molecule has 6 nitrogen and oxygen atoms in total. The van der Waals surface area contributed by atoms with E-state index in [1.807, 2.05) is 63.2 Å². The Bertz CT molecular complexity index is 1370. The first kappa shape index (κ1) is 23.1. The average Bonchev–Trinajstić information content (AvgIpc) is 3.36. The largest absolute Gasteiger partial charge is 0.322 e. The van der Waals surface area contributed by atoms with Crippen molar-refractivity contribution in [1.82, 2.24) is 14.8 Å². The van der Waals surface area contributed by atoms with E-state index in [4.69, 9.17) is 16.6 Å². The number of aliphatic imine (C=N–C) groups is 1. The summed E-state index contributed by atoms with van der Waals surface area (Å²) in [5.74, 6) is 0.363. The summed E-state index contributed by atoms with van der Waals surface area (Å²) in [4.78, 5) is 22.0. The molecule has 1 N–H and O–H groups in total. The molecule has 2 aromatic carbocycles. The van der Waals surface area contributed by atoms with Crippen LogP contribution in [0, 0.1) is 6.92 Å². The summed E-state index contributed by atoms with van der Waals surface area (Å²) in [6.45, 7) is 6.03. The van der Waals surface area contributed by atoms with Crippen molar-refractivity contribution in [3.63, 3.8) is 0 Å². The van der Waals surface area contributed by atoms with Crippen LogP contribution in [0.4, 0.5) is 11.4 Å². The van der Waals surface area contributed by atoms with Gasteiger partial charge in [0.25, 0.3) is 5.91 Å². The fraction of sp³-hybridized carbons (Fsp3) is 0.111. The van der Waals surface area contributed by atoms with Crippen molar-refractivity contribution in [2.45, 2.75) is 20.8 Å². The minimum absolute atomic E-state index is 0.271. The van der Waals surface area contributed by atoms with E-state index in [-0.39, 0.29) is 5.91 Å². The first-order chi connectivity index (χ1) is 16.4. The molecule has 0 saturated carbocycles. The molecule has 0 fully saturated rings. The summed E-state index contributed by atoms with van der Waals surface area (Å²) in [6.07, 6.45) is 6.97. The van der Waals surface area contributed by atoms with E-state index >= 15 is 0 Å². The number of anilines is 1. The first-order valence-electron chi connectivity index (χ1n) is 10.8. The Balaban J connectivity index is 1.62. The number of halogens is 1. The monoisotopic (exact) mass is 469 g/mol. The van der Waals surface area contributed by atoms with Gasteiger partial charge < -0.3 is 5.32 Å². The van der Waals surface area contributed by atoms with Crippen LogP contribution in [0.15, 0.2) is 95.9 Å². The number of allylic oxidation sites excluding steroid dienone is 2. The van der Waals surface area contributed by atoms with Gasteiger partial charge in [-0.05, 0) is 74.9 Å². The standard InChI is InChI=1S/C27H24ClN5O/c1-18(2)15-25(32-24-8-5-4-7-19(24)3)22-16-21(10-11-23(22)28)31-27(34)20-9-12-26(29-17-20)33-14-6-13-30-33/h4-17H,1-3H3,(H,31,34). The molecule has 0 unspecified atom stereocenters. The summed E-state index contributed by atoms with van der Waals surface area (Å²) in [6, 6.07) is 18.6. The zero-order chi connectivity index (χ0) is 24.1. The third-order valence-electron chi connectivity index (χ3n) is 5.03. The minimum Gasteiger partial charge on any atom is -0.322 e. The highest BCUT2D eigenvalue weighted by molar-refractivity contribution is 6.35. The zero-order valence-electron chi connectivity index (χ0n) is 19.2. The number of benzene rings is 2. The lowest BCUT2D eigenvalue weighted by atomic mass is 10.1. The highest BCUT2D eigenvalue weighted by Crippen LogP contribution is 2.26. The topological polar surface area (TPSA) is 72.2 Å². The second kappa shape index (κ2) is 10.3. The van der Waals surface area contributed by atoms with Crippen molar-refractivity contribution in [2.75, 3.05) is 5.32 Å². The molecular weight excluding hydrogens is 446 g/mol. The Morgan fingerprint density at radius 1 is 1.09 bits per heavy atom. The number of para-hydroxylation sites is 1. The number of amides is 1. The highest BCUT2D eigenvalue weighted by Gasteiger charge is 2.12. The van der Waals surface area contributed by atoms with Crippen LogP contribution < -0.4 is 5.32 Å². The molecule has 4 rings (SSSR count). The molecule has 0 aliphatic carbocycles. The molecule has 170 valence electrons. The number of carbonyl (C=O) groups is 1. The van der Waals surface area contributed by atoms with Crippen LogP contribution in [0.25, 0.3) is 5.82 Å². The van der Waals surface area contributed by atoms with Gasteiger partial charge in [-0.15, -0.1) is 0 Å². The number of hydrogen-bond acceptors (Lipinski definition) is 4. The maximum absolute atomic E-state index is 12.8. The molecule has 0 atom stereocenters. The van der Waals surface area contributed by atoms with Crippen LogP contribution in [0.3, 0.4) is 0 Å². The lowest BCUT2D eigenvalue weighted by Crippen LogP contribution is -2.13. The predicted octanol–water partition coefficient (Wildman–Crippen LogP) is 6.57. The number of aromatic nitrogens is 3. The number of nitrogens with one attached hydrogen (secondary N) is 1. The Kier molecular flexibility index (Phi) is 6.99. The van der Waals surface area contributed by atoms with E-state index in [0.29, 0.717) is 22.1 Å². The highest BCUT2D eigenvalue weighted by atomic mass is 35.5. The van der Waals surface area contributed by atoms with Crippen molar-refractivity contribution in [1.29, 1.82) is 0 Å². The van der Waals surface area contributed by atoms with Gasteiger partial charge in [0, 0.05) is 29.8 Å². The van der Waals surface area contributed by atoms with Gasteiger partial charge in [0.2, 0.25) is 0 Å². The predicted molar refractivity (Wildman–Crippen MR) is 138 cm³/mol. The Labute approximate surface area is 203 Å². The molecule has 1 amide bonds. The molecule has 2 aromatic heterocycles. The number of aryl methyl sites for hydroxylation is 1. The second-order valence-electron chi connectivity index (χ2n) is 8.01. The van der Waals surface area contributed by atoms with Crippen LogP contribution >= 0.6 is 11.6 Å². The molecule has 0 spiro atoms. The maximum atomic E-state index is 12.8. The molecule has 7 heteroatoms. The fourth-order valence-electron chi connectivity index (χ4n) is 3.33. The third kappa shape index (κ3) is 5.47. The van der Waals surface area contributed by atoms with E-state index in [2.05, 4.69) is 15.4 Å². The van der Waals surface area contributed by atoms with Gasteiger partial charge in [0.15, 0.2) is 5.82 Å². The molecule has 0 radical (unpaired) electrons. The smallest absolute Gasteiger partial charge is 0.257 e. The molecule has 2 heterocycles. The summed E-state index contributed by atoms with van der Waals surface area (Å²) in [7, 11) is 0. The first-order valence-corrected chi connectivity index (χ1v) is 11.1. The number of nitrogens with zero attached hydrogens (tertiary/aromatic N) is 4. The van der Waals surface area contributed by atoms with E-state index in [1.54, 1.807) is 41.3 Å². The van der Waals surface area contributed by atoms with Crippen molar-refractivity contribution in [2.24, 2.45) is 4.99 Å². The van der Waals surface area contributed by atoms with E-state index in [9.17, 15) is 4.79 Å². The zero-order valence-corrected chi connectivity index (χ0v) is 19.9. The van der Waals surface area contributed by atoms with Crippen LogP contribution in [-0.4, -0.2) is 26.4 Å². The number of pyridine rings is 1. The fourth-order valence-corrected chi connectivity index (χ4v) is 3.54. The van der Waals surface area contributed by atoms with Gasteiger partial charge in [-0.2, -0.15) is 5.10 Å². The quantitative estimate of drug-likeness (QED) is 0.324. The molecule has 0 aliphatic heterocycles. The van der Waals surface area contributed by atoms with E-state index in [0.717, 1.165) is 28.1 Å². The average molecular weight is 470 g/mol. The summed E-state index contributed by atoms with van der Waals surface area (Å²) >= 11 is 6.56. The lowest BCUT2D eigenvalue weighted by Gasteiger charge is -2.11. The lowest BCUT2D eigenvalue weighted by molar-refractivity contribution is 0.102. The summed E-state index contributed by atoms with van der Waals surface area (Å²) in [5.41, 5.74) is 5.52. The van der Waals surface area contributed by atoms with Crippen molar-refractivity contribution in [3.05, 3.63) is 113 Å². The Hall–Kier alpha value is -4.03. The molecule has 0 saturated heterocycles. The Morgan fingerprint density at radius 2 is 1.91 bits per heavy atom. The molecular formula is C27H24ClN5O. The van der Waals surface area contributed by atoms with Gasteiger partial charge in [-0.1, -0.05) is 35.4 Å². The van der Waals surface area contributed by atoms with Crippen molar-refractivity contribution < 1.29 is 4.79 Å². The molecule has 0 bridgehead atoms. The van der Waals surface area contributed by atoms with Gasteiger partial charge in [-0.3, -0.25) is 4.79 Å². The molecule has 4 aromatic rings. The van der Waals surface area contributed by atoms with E-state index < -0.39 is 0 Å². The van der Waals surface area contributed by atoms with Crippen LogP contribution in [0.2, 0.25) is 5.02 Å². The molecule has 34 heavy (non-hydrogen) atoms. The van der Waals surface area contributed by atoms with Crippen molar-refractivity contribution in [3.8, 4) is 5.82 Å². The van der Waals surface area contributed by atoms with E-state index in [1.165, 1.54) is 6.20 Å². The van der Waals surface area contributed by atoms with Gasteiger partial charge in [-0.25, -0.2) is 14.7 Å². The Morgan fingerprint density at radius 3 is 2.59 bits per heavy atom. The molecule has 0 aliphatic rings. The summed E-state index contributed by atoms with van der Waals surface area (Å²) in [5, 5.41) is 7.62. The normalized spacial score (nSPS) is 11.2. The number of rotatable bonds is 6. The number of hydrogen-bond donors (Lipinski definition) is 1. The van der Waals surface area contributed by atoms with Crippen molar-refractivity contribution >= 4 is 34.6 Å². The van der Waals surface area contributed by atoms with Gasteiger partial charge in [0.1, 0.15) is 0 Å². The van der Waals surface area contributed by atoms with Crippen LogP contribution in [0.5, 0.6) is 0 Å². The maximum Gasteiger partial charge on any atom is 0.257 e. The van der Waals surface area contributed by atoms with Gasteiger partial charge in [0.05, 0.1) is 22.0 Å². The SMILES string of the molecule is CC(C)=CC(=Nc1ccccc1C)c1cc(NC(=O)c2ccc(-n3cccn3)nc2)ccc1Cl. The van der Waals surface area contributed by atoms with Gasteiger partial charge >= 0.3 is 0 Å². The van der Waals surface area contributed by atoms with Crippen LogP contribution in [-0.2, 0) is 0 Å².